The number of aromatic nitrogens is 1. The molecule has 0 aliphatic heterocycles. The first-order valence-corrected chi connectivity index (χ1v) is 10.1. The van der Waals surface area contributed by atoms with E-state index in [0.29, 0.717) is 5.69 Å². The largest absolute Gasteiger partial charge is 0.508 e. The summed E-state index contributed by atoms with van der Waals surface area (Å²) in [7, 11) is 4.00. The van der Waals surface area contributed by atoms with Crippen LogP contribution in [0.25, 0.3) is 0 Å². The highest BCUT2D eigenvalue weighted by atomic mass is 19.1. The molecule has 0 bridgehead atoms. The van der Waals surface area contributed by atoms with Crippen LogP contribution in [-0.2, 0) is 6.54 Å². The molecule has 0 saturated heterocycles. The number of phenols is 1. The third-order valence-corrected chi connectivity index (χ3v) is 4.88. The zero-order chi connectivity index (χ0) is 22.2. The second-order valence-electron chi connectivity index (χ2n) is 7.55. The number of aromatic hydroxyl groups is 1. The summed E-state index contributed by atoms with van der Waals surface area (Å²) in [6, 6.07) is 16.4. The molecule has 0 radical (unpaired) electrons. The maximum atomic E-state index is 13.3. The Hall–Kier alpha value is -3.45. The quantitative estimate of drug-likeness (QED) is 0.543. The van der Waals surface area contributed by atoms with Gasteiger partial charge in [0.1, 0.15) is 17.4 Å². The molecule has 1 amide bonds. The molecule has 0 saturated carbocycles. The summed E-state index contributed by atoms with van der Waals surface area (Å²) < 4.78 is 13.3. The summed E-state index contributed by atoms with van der Waals surface area (Å²) in [5, 5.41) is 12.4. The van der Waals surface area contributed by atoms with E-state index in [4.69, 9.17) is 0 Å². The first-order valence-electron chi connectivity index (χ1n) is 10.1. The van der Waals surface area contributed by atoms with Crippen molar-refractivity contribution in [1.29, 1.82) is 0 Å². The predicted molar refractivity (Wildman–Crippen MR) is 121 cm³/mol. The number of carbonyl (C=O) groups is 1. The molecular weight excluding hydrogens is 395 g/mol. The number of halogens is 1. The van der Waals surface area contributed by atoms with E-state index in [1.165, 1.54) is 18.2 Å². The van der Waals surface area contributed by atoms with Crippen LogP contribution in [-0.4, -0.2) is 48.1 Å². The molecule has 0 aliphatic carbocycles. The number of hydrogen-bond donors (Lipinski definition) is 2. The molecule has 7 heteroatoms. The second-order valence-corrected chi connectivity index (χ2v) is 7.55. The zero-order valence-electron chi connectivity index (χ0n) is 17.8. The van der Waals surface area contributed by atoms with Crippen molar-refractivity contribution >= 4 is 17.4 Å². The Morgan fingerprint density at radius 2 is 1.87 bits per heavy atom. The van der Waals surface area contributed by atoms with Gasteiger partial charge in [-0.2, -0.15) is 0 Å². The minimum Gasteiger partial charge on any atom is -0.508 e. The Labute approximate surface area is 182 Å². The first-order chi connectivity index (χ1) is 14.9. The number of rotatable bonds is 9. The lowest BCUT2D eigenvalue weighted by atomic mass is 10.2. The van der Waals surface area contributed by atoms with E-state index >= 15 is 0 Å². The highest BCUT2D eigenvalue weighted by Gasteiger charge is 2.10. The fourth-order valence-electron chi connectivity index (χ4n) is 3.28. The summed E-state index contributed by atoms with van der Waals surface area (Å²) in [5.41, 5.74) is 1.94. The molecule has 31 heavy (non-hydrogen) atoms. The van der Waals surface area contributed by atoms with Crippen LogP contribution in [0, 0.1) is 5.82 Å². The van der Waals surface area contributed by atoms with Gasteiger partial charge in [-0.15, -0.1) is 0 Å². The molecule has 0 atom stereocenters. The van der Waals surface area contributed by atoms with Crippen molar-refractivity contribution < 1.29 is 14.3 Å². The minimum atomic E-state index is -0.447. The summed E-state index contributed by atoms with van der Waals surface area (Å²) in [6.45, 7) is 2.44. The van der Waals surface area contributed by atoms with Gasteiger partial charge in [0, 0.05) is 43.7 Å². The molecule has 1 aromatic heterocycles. The Morgan fingerprint density at radius 1 is 1.06 bits per heavy atom. The Kier molecular flexibility index (Phi) is 7.56. The van der Waals surface area contributed by atoms with Crippen LogP contribution >= 0.6 is 0 Å². The highest BCUT2D eigenvalue weighted by Crippen LogP contribution is 2.17. The molecule has 2 N–H and O–H groups in total. The van der Waals surface area contributed by atoms with Crippen molar-refractivity contribution in [1.82, 2.24) is 9.88 Å². The summed E-state index contributed by atoms with van der Waals surface area (Å²) in [6.07, 6.45) is 2.56. The van der Waals surface area contributed by atoms with Crippen molar-refractivity contribution in [2.75, 3.05) is 37.4 Å². The van der Waals surface area contributed by atoms with Gasteiger partial charge < -0.3 is 20.2 Å². The first kappa shape index (κ1) is 22.2. The Bertz CT molecular complexity index is 1030. The smallest absolute Gasteiger partial charge is 0.255 e. The van der Waals surface area contributed by atoms with Crippen molar-refractivity contribution in [2.45, 2.75) is 13.0 Å². The van der Waals surface area contributed by atoms with Gasteiger partial charge in [-0.05, 0) is 62.0 Å². The molecule has 0 unspecified atom stereocenters. The van der Waals surface area contributed by atoms with Crippen LogP contribution in [0.3, 0.4) is 0 Å². The lowest BCUT2D eigenvalue weighted by molar-refractivity contribution is 0.102. The standard InChI is InChI=1S/C24H27FN4O2/c1-28(17-18-6-3-9-22(30)14-18)12-5-13-29(2)23-16-21(10-11-26-23)27-24(31)19-7-4-8-20(25)15-19/h3-4,6-11,14-16,30H,5,12-13,17H2,1-2H3,(H,26,27,31). The number of nitrogens with one attached hydrogen (secondary N) is 1. The lowest BCUT2D eigenvalue weighted by Crippen LogP contribution is -2.26. The van der Waals surface area contributed by atoms with Gasteiger partial charge >= 0.3 is 0 Å². The van der Waals surface area contributed by atoms with Crippen molar-refractivity contribution in [2.24, 2.45) is 0 Å². The number of phenolic OH excluding ortho intramolecular Hbond substituents is 1. The summed E-state index contributed by atoms with van der Waals surface area (Å²) in [5.74, 6) is 0.207. The topological polar surface area (TPSA) is 68.7 Å². The van der Waals surface area contributed by atoms with Crippen LogP contribution in [0.4, 0.5) is 15.9 Å². The Morgan fingerprint density at radius 3 is 2.65 bits per heavy atom. The van der Waals surface area contributed by atoms with Gasteiger partial charge in [0.25, 0.3) is 5.91 Å². The van der Waals surface area contributed by atoms with Gasteiger partial charge in [-0.1, -0.05) is 18.2 Å². The molecule has 3 aromatic rings. The molecule has 0 spiro atoms. The van der Waals surface area contributed by atoms with Crippen molar-refractivity contribution in [3.8, 4) is 5.75 Å². The SMILES string of the molecule is CN(CCCN(C)c1cc(NC(=O)c2cccc(F)c2)ccn1)Cc1cccc(O)c1. The average molecular weight is 423 g/mol. The monoisotopic (exact) mass is 422 g/mol. The third kappa shape index (κ3) is 6.79. The lowest BCUT2D eigenvalue weighted by Gasteiger charge is -2.21. The van der Waals surface area contributed by atoms with Crippen LogP contribution in [0.2, 0.25) is 0 Å². The molecule has 1 heterocycles. The predicted octanol–water partition coefficient (Wildman–Crippen LogP) is 4.14. The molecule has 162 valence electrons. The van der Waals surface area contributed by atoms with Gasteiger partial charge in [0.2, 0.25) is 0 Å². The zero-order valence-corrected chi connectivity index (χ0v) is 17.8. The van der Waals surface area contributed by atoms with Gasteiger partial charge in [0.15, 0.2) is 0 Å². The molecular formula is C24H27FN4O2. The summed E-state index contributed by atoms with van der Waals surface area (Å²) >= 11 is 0. The van der Waals surface area contributed by atoms with Crippen LogP contribution in [0.5, 0.6) is 5.75 Å². The minimum absolute atomic E-state index is 0.265. The number of amides is 1. The number of carbonyl (C=O) groups excluding carboxylic acids is 1. The maximum Gasteiger partial charge on any atom is 0.255 e. The van der Waals surface area contributed by atoms with Crippen LogP contribution in [0.1, 0.15) is 22.3 Å². The number of hydrogen-bond acceptors (Lipinski definition) is 5. The van der Waals surface area contributed by atoms with E-state index in [-0.39, 0.29) is 17.2 Å². The van der Waals surface area contributed by atoms with E-state index in [1.54, 1.807) is 36.5 Å². The van der Waals surface area contributed by atoms with E-state index in [1.807, 2.05) is 31.1 Å². The molecule has 3 rings (SSSR count). The second kappa shape index (κ2) is 10.5. The van der Waals surface area contributed by atoms with Crippen LogP contribution in [0.15, 0.2) is 66.9 Å². The van der Waals surface area contributed by atoms with Crippen molar-refractivity contribution in [3.63, 3.8) is 0 Å². The van der Waals surface area contributed by atoms with E-state index in [9.17, 15) is 14.3 Å². The number of anilines is 2. The summed E-state index contributed by atoms with van der Waals surface area (Å²) in [4.78, 5) is 20.9. The van der Waals surface area contributed by atoms with E-state index in [2.05, 4.69) is 15.2 Å². The third-order valence-electron chi connectivity index (χ3n) is 4.88. The van der Waals surface area contributed by atoms with Gasteiger partial charge in [-0.3, -0.25) is 4.79 Å². The molecule has 0 aliphatic rings. The molecule has 0 fully saturated rings. The molecule has 6 nitrogen and oxygen atoms in total. The fourth-order valence-corrected chi connectivity index (χ4v) is 3.28. The Balaban J connectivity index is 1.50. The van der Waals surface area contributed by atoms with Gasteiger partial charge in [-0.25, -0.2) is 9.37 Å². The van der Waals surface area contributed by atoms with E-state index in [0.717, 1.165) is 37.4 Å². The van der Waals surface area contributed by atoms with Crippen molar-refractivity contribution in [3.05, 3.63) is 83.8 Å². The van der Waals surface area contributed by atoms with E-state index < -0.39 is 5.82 Å². The molecule has 2 aromatic carbocycles. The van der Waals surface area contributed by atoms with Gasteiger partial charge in [0.05, 0.1) is 0 Å². The number of nitrogens with zero attached hydrogens (tertiary/aromatic N) is 3. The van der Waals surface area contributed by atoms with Crippen LogP contribution < -0.4 is 10.2 Å². The normalized spacial score (nSPS) is 10.8. The highest BCUT2D eigenvalue weighted by molar-refractivity contribution is 6.04. The number of benzene rings is 2. The maximum absolute atomic E-state index is 13.3. The number of pyridine rings is 1. The fraction of sp³-hybridized carbons (Fsp3) is 0.250. The average Bonchev–Trinajstić information content (AvgIpc) is 2.74.